The third-order valence-electron chi connectivity index (χ3n) is 6.75. The van der Waals surface area contributed by atoms with E-state index in [1.54, 1.807) is 6.92 Å². The van der Waals surface area contributed by atoms with Crippen molar-refractivity contribution < 1.29 is 18.0 Å². The summed E-state index contributed by atoms with van der Waals surface area (Å²) in [6.07, 6.45) is 5.60. The number of aromatic nitrogens is 1. The van der Waals surface area contributed by atoms with Crippen LogP contribution in [0.1, 0.15) is 75.8 Å². The van der Waals surface area contributed by atoms with Crippen LogP contribution in [0, 0.1) is 5.92 Å². The second kappa shape index (κ2) is 12.8. The van der Waals surface area contributed by atoms with Gasteiger partial charge in [-0.2, -0.15) is 0 Å². The highest BCUT2D eigenvalue weighted by Gasteiger charge is 2.30. The summed E-state index contributed by atoms with van der Waals surface area (Å²) >= 11 is 1.53. The second-order valence-corrected chi connectivity index (χ2v) is 12.6. The fourth-order valence-electron chi connectivity index (χ4n) is 4.54. The molecule has 0 radical (unpaired) electrons. The summed E-state index contributed by atoms with van der Waals surface area (Å²) in [5, 5.41) is 7.53. The Morgan fingerprint density at radius 3 is 2.56 bits per heavy atom. The number of carbonyl (C=O) groups excluding carboxylic acids is 2. The first-order chi connectivity index (χ1) is 17.1. The zero-order chi connectivity index (χ0) is 26.3. The van der Waals surface area contributed by atoms with Crippen LogP contribution < -0.4 is 15.4 Å². The smallest absolute Gasteiger partial charge is 0.243 e. The van der Waals surface area contributed by atoms with Crippen LogP contribution in [0.2, 0.25) is 0 Å². The maximum absolute atomic E-state index is 13.5. The quantitative estimate of drug-likeness (QED) is 0.381. The van der Waals surface area contributed by atoms with E-state index in [9.17, 15) is 18.0 Å². The highest BCUT2D eigenvalue weighted by Crippen LogP contribution is 2.28. The maximum Gasteiger partial charge on any atom is 0.243 e. The van der Waals surface area contributed by atoms with Gasteiger partial charge in [0.25, 0.3) is 0 Å². The number of fused-ring (bicyclic) bond motifs is 1. The standard InChI is InChI=1S/C26H38N4O4S2/c1-5-24(31)28-21(15-25-29-20-13-12-19(17(3)4)14-23(20)35-25)26(32)30-22(16-27-36(33,34)6-2)18-10-8-7-9-11-18/h6,12-14,17-18,21-22,27H,2,5,7-11,15-16H2,1,3-4H3,(H,28,31)(H,30,32). The first-order valence-corrected chi connectivity index (χ1v) is 15.1. The average molecular weight is 535 g/mol. The van der Waals surface area contributed by atoms with E-state index in [-0.39, 0.29) is 43.2 Å². The van der Waals surface area contributed by atoms with Crippen molar-refractivity contribution in [2.24, 2.45) is 5.92 Å². The van der Waals surface area contributed by atoms with E-state index < -0.39 is 16.1 Å². The molecule has 8 nitrogen and oxygen atoms in total. The van der Waals surface area contributed by atoms with E-state index in [1.165, 1.54) is 16.9 Å². The number of nitrogens with zero attached hydrogens (tertiary/aromatic N) is 1. The van der Waals surface area contributed by atoms with Gasteiger partial charge in [-0.1, -0.05) is 52.7 Å². The van der Waals surface area contributed by atoms with Crippen LogP contribution in [0.15, 0.2) is 30.2 Å². The molecule has 0 bridgehead atoms. The molecule has 1 aromatic carbocycles. The Balaban J connectivity index is 1.80. The van der Waals surface area contributed by atoms with E-state index in [0.29, 0.717) is 5.92 Å². The molecule has 1 aromatic heterocycles. The van der Waals surface area contributed by atoms with Crippen LogP contribution >= 0.6 is 11.3 Å². The van der Waals surface area contributed by atoms with Gasteiger partial charge in [-0.05, 0) is 42.4 Å². The Kier molecular flexibility index (Phi) is 10.0. The Labute approximate surface area is 218 Å². The highest BCUT2D eigenvalue weighted by atomic mass is 32.2. The van der Waals surface area contributed by atoms with Crippen molar-refractivity contribution in [1.82, 2.24) is 20.3 Å². The molecular formula is C26H38N4O4S2. The molecule has 2 aromatic rings. The monoisotopic (exact) mass is 534 g/mol. The minimum atomic E-state index is -3.62. The number of sulfonamides is 1. The molecule has 0 spiro atoms. The Bertz CT molecular complexity index is 1170. The van der Waals surface area contributed by atoms with Crippen molar-refractivity contribution in [2.75, 3.05) is 6.54 Å². The molecule has 1 heterocycles. The molecule has 3 N–H and O–H groups in total. The summed E-state index contributed by atoms with van der Waals surface area (Å²) < 4.78 is 27.5. The van der Waals surface area contributed by atoms with Crippen LogP contribution in [-0.2, 0) is 26.0 Å². The van der Waals surface area contributed by atoms with Crippen molar-refractivity contribution in [3.8, 4) is 0 Å². The fraction of sp³-hybridized carbons (Fsp3) is 0.577. The summed E-state index contributed by atoms with van der Waals surface area (Å²) in [7, 11) is -3.62. The van der Waals surface area contributed by atoms with Crippen LogP contribution in [0.4, 0.5) is 0 Å². The topological polar surface area (TPSA) is 117 Å². The molecule has 198 valence electrons. The van der Waals surface area contributed by atoms with Crippen molar-refractivity contribution in [3.63, 3.8) is 0 Å². The lowest BCUT2D eigenvalue weighted by Gasteiger charge is -2.32. The molecule has 1 fully saturated rings. The zero-order valence-electron chi connectivity index (χ0n) is 21.4. The van der Waals surface area contributed by atoms with Crippen LogP contribution in [-0.4, -0.2) is 43.8 Å². The first-order valence-electron chi connectivity index (χ1n) is 12.7. The van der Waals surface area contributed by atoms with Crippen LogP contribution in [0.3, 0.4) is 0 Å². The number of thiazole rings is 1. The predicted octanol–water partition coefficient (Wildman–Crippen LogP) is 3.99. The van der Waals surface area contributed by atoms with Gasteiger partial charge in [0, 0.05) is 30.8 Å². The number of amides is 2. The summed E-state index contributed by atoms with van der Waals surface area (Å²) in [6.45, 7) is 9.45. The van der Waals surface area contributed by atoms with Gasteiger partial charge in [-0.15, -0.1) is 11.3 Å². The molecule has 0 saturated heterocycles. The Morgan fingerprint density at radius 2 is 1.92 bits per heavy atom. The van der Waals surface area contributed by atoms with Crippen molar-refractivity contribution >= 4 is 43.4 Å². The summed E-state index contributed by atoms with van der Waals surface area (Å²) in [5.74, 6) is 0.0134. The molecule has 1 saturated carbocycles. The molecule has 2 unspecified atom stereocenters. The van der Waals surface area contributed by atoms with Crippen molar-refractivity contribution in [1.29, 1.82) is 0 Å². The number of carbonyl (C=O) groups is 2. The minimum Gasteiger partial charge on any atom is -0.350 e. The molecule has 0 aliphatic heterocycles. The fourth-order valence-corrected chi connectivity index (χ4v) is 6.13. The number of hydrogen-bond donors (Lipinski definition) is 3. The molecule has 1 aliphatic rings. The highest BCUT2D eigenvalue weighted by molar-refractivity contribution is 7.92. The lowest BCUT2D eigenvalue weighted by atomic mass is 9.83. The van der Waals surface area contributed by atoms with Crippen molar-refractivity contribution in [3.05, 3.63) is 40.8 Å². The van der Waals surface area contributed by atoms with E-state index in [4.69, 9.17) is 4.98 Å². The van der Waals surface area contributed by atoms with Gasteiger partial charge in [0.1, 0.15) is 6.04 Å². The van der Waals surface area contributed by atoms with Gasteiger partial charge >= 0.3 is 0 Å². The summed E-state index contributed by atoms with van der Waals surface area (Å²) in [6, 6.07) is 5.02. The van der Waals surface area contributed by atoms with Crippen LogP contribution in [0.5, 0.6) is 0 Å². The van der Waals surface area contributed by atoms with Gasteiger partial charge in [-0.3, -0.25) is 9.59 Å². The molecule has 1 aliphatic carbocycles. The Morgan fingerprint density at radius 1 is 1.19 bits per heavy atom. The summed E-state index contributed by atoms with van der Waals surface area (Å²) in [5.41, 5.74) is 2.10. The predicted molar refractivity (Wildman–Crippen MR) is 145 cm³/mol. The van der Waals surface area contributed by atoms with E-state index in [2.05, 4.69) is 47.9 Å². The van der Waals surface area contributed by atoms with Gasteiger partial charge < -0.3 is 10.6 Å². The van der Waals surface area contributed by atoms with Crippen LogP contribution in [0.25, 0.3) is 10.2 Å². The maximum atomic E-state index is 13.5. The lowest BCUT2D eigenvalue weighted by molar-refractivity contribution is -0.129. The SMILES string of the molecule is C=CS(=O)(=O)NCC(NC(=O)C(Cc1nc2ccc(C(C)C)cc2s1)NC(=O)CC)C1CCCCC1. The van der Waals surface area contributed by atoms with Gasteiger partial charge in [-0.25, -0.2) is 18.1 Å². The van der Waals surface area contributed by atoms with E-state index in [0.717, 1.165) is 52.7 Å². The van der Waals surface area contributed by atoms with E-state index >= 15 is 0 Å². The number of nitrogens with one attached hydrogen (secondary N) is 3. The van der Waals surface area contributed by atoms with Gasteiger partial charge in [0.2, 0.25) is 21.8 Å². The number of benzene rings is 1. The minimum absolute atomic E-state index is 0.0817. The Hall–Kier alpha value is -2.30. The van der Waals surface area contributed by atoms with E-state index in [1.807, 2.05) is 6.07 Å². The molecule has 2 atom stereocenters. The normalized spacial score (nSPS) is 16.6. The molecular weight excluding hydrogens is 496 g/mol. The molecule has 10 heteroatoms. The second-order valence-electron chi connectivity index (χ2n) is 9.74. The average Bonchev–Trinajstić information content (AvgIpc) is 3.28. The first kappa shape index (κ1) is 28.3. The molecule has 36 heavy (non-hydrogen) atoms. The molecule has 3 rings (SSSR count). The number of rotatable bonds is 12. The number of hydrogen-bond acceptors (Lipinski definition) is 6. The summed E-state index contributed by atoms with van der Waals surface area (Å²) in [4.78, 5) is 30.4. The zero-order valence-corrected chi connectivity index (χ0v) is 23.0. The van der Waals surface area contributed by atoms with Gasteiger partial charge in [0.05, 0.1) is 15.2 Å². The van der Waals surface area contributed by atoms with Gasteiger partial charge in [0.15, 0.2) is 0 Å². The van der Waals surface area contributed by atoms with Crippen molar-refractivity contribution in [2.45, 2.75) is 83.7 Å². The third kappa shape index (κ3) is 7.85. The molecule has 2 amide bonds. The lowest BCUT2D eigenvalue weighted by Crippen LogP contribution is -2.55. The third-order valence-corrected chi connectivity index (χ3v) is 8.79. The largest absolute Gasteiger partial charge is 0.350 e.